The van der Waals surface area contributed by atoms with Crippen LogP contribution in [0.1, 0.15) is 28.8 Å². The zero-order valence-electron chi connectivity index (χ0n) is 15.4. The van der Waals surface area contributed by atoms with Gasteiger partial charge in [0.2, 0.25) is 11.8 Å². The van der Waals surface area contributed by atoms with E-state index in [4.69, 9.17) is 0 Å². The minimum absolute atomic E-state index is 0.159. The van der Waals surface area contributed by atoms with Crippen molar-refractivity contribution in [2.24, 2.45) is 0 Å². The minimum Gasteiger partial charge on any atom is -0.322 e. The fourth-order valence-corrected chi connectivity index (χ4v) is 4.75. The summed E-state index contributed by atoms with van der Waals surface area (Å²) in [5.41, 5.74) is 4.66. The number of amides is 3. The molecule has 3 heterocycles. The Hall–Kier alpha value is -3.32. The molecular formula is C22H17N3O3S. The summed E-state index contributed by atoms with van der Waals surface area (Å²) in [4.78, 5) is 39.1. The first-order chi connectivity index (χ1) is 14.1. The Morgan fingerprint density at radius 3 is 2.62 bits per heavy atom. The summed E-state index contributed by atoms with van der Waals surface area (Å²) in [5.74, 6) is -0.832. The first kappa shape index (κ1) is 17.8. The van der Waals surface area contributed by atoms with Crippen LogP contribution in [0.3, 0.4) is 0 Å². The summed E-state index contributed by atoms with van der Waals surface area (Å²) in [7, 11) is 0. The summed E-state index contributed by atoms with van der Waals surface area (Å²) in [6.45, 7) is 0.369. The fourth-order valence-electron chi connectivity index (χ4n) is 3.99. The van der Waals surface area contributed by atoms with E-state index in [0.717, 1.165) is 27.1 Å². The lowest BCUT2D eigenvalue weighted by molar-refractivity contribution is -0.136. The average molecular weight is 403 g/mol. The Balaban J connectivity index is 1.47. The third kappa shape index (κ3) is 3.03. The molecule has 0 saturated carbocycles. The number of benzene rings is 2. The Morgan fingerprint density at radius 2 is 1.83 bits per heavy atom. The Labute approximate surface area is 171 Å². The lowest BCUT2D eigenvalue weighted by atomic mass is 10.0. The molecule has 0 spiro atoms. The lowest BCUT2D eigenvalue weighted by Gasteiger charge is -2.29. The van der Waals surface area contributed by atoms with Crippen LogP contribution in [0.4, 0.5) is 0 Å². The molecule has 29 heavy (non-hydrogen) atoms. The van der Waals surface area contributed by atoms with Crippen molar-refractivity contribution in [1.82, 2.24) is 14.6 Å². The van der Waals surface area contributed by atoms with Gasteiger partial charge in [0.15, 0.2) is 0 Å². The van der Waals surface area contributed by atoms with Crippen LogP contribution in [0, 0.1) is 0 Å². The lowest BCUT2D eigenvalue weighted by Crippen LogP contribution is -2.52. The number of piperidine rings is 1. The Morgan fingerprint density at radius 1 is 1.00 bits per heavy atom. The van der Waals surface area contributed by atoms with Gasteiger partial charge in [-0.2, -0.15) is 4.37 Å². The number of fused-ring (bicyclic) bond motifs is 1. The second-order valence-electron chi connectivity index (χ2n) is 7.21. The van der Waals surface area contributed by atoms with E-state index < -0.39 is 11.9 Å². The van der Waals surface area contributed by atoms with Crippen LogP contribution >= 0.6 is 11.5 Å². The number of carbonyl (C=O) groups is 3. The largest absolute Gasteiger partial charge is 0.322 e. The van der Waals surface area contributed by atoms with Gasteiger partial charge >= 0.3 is 0 Å². The maximum Gasteiger partial charge on any atom is 0.255 e. The molecule has 7 heteroatoms. The topological polar surface area (TPSA) is 79.4 Å². The van der Waals surface area contributed by atoms with E-state index in [2.05, 4.69) is 21.8 Å². The second-order valence-corrected chi connectivity index (χ2v) is 8.01. The summed E-state index contributed by atoms with van der Waals surface area (Å²) in [6.07, 6.45) is 2.48. The molecule has 1 fully saturated rings. The molecule has 1 aromatic heterocycles. The van der Waals surface area contributed by atoms with E-state index in [1.807, 2.05) is 42.6 Å². The quantitative estimate of drug-likeness (QED) is 0.681. The summed E-state index contributed by atoms with van der Waals surface area (Å²) < 4.78 is 4.37. The average Bonchev–Trinajstić information content (AvgIpc) is 3.34. The SMILES string of the molecule is O=C1CCC(N2Cc3cc(-c4sncc4-c4ccccc4)ccc3C2=O)C(=O)N1. The van der Waals surface area contributed by atoms with Gasteiger partial charge in [-0.1, -0.05) is 36.4 Å². The molecular weight excluding hydrogens is 386 g/mol. The molecule has 2 aromatic carbocycles. The maximum absolute atomic E-state index is 12.9. The molecule has 1 N–H and O–H groups in total. The molecule has 6 nitrogen and oxygen atoms in total. The highest BCUT2D eigenvalue weighted by molar-refractivity contribution is 7.10. The Bertz CT molecular complexity index is 1140. The molecule has 1 saturated heterocycles. The van der Waals surface area contributed by atoms with Gasteiger partial charge < -0.3 is 4.90 Å². The van der Waals surface area contributed by atoms with Crippen molar-refractivity contribution in [2.75, 3.05) is 0 Å². The van der Waals surface area contributed by atoms with Crippen molar-refractivity contribution in [2.45, 2.75) is 25.4 Å². The highest BCUT2D eigenvalue weighted by Crippen LogP contribution is 2.37. The van der Waals surface area contributed by atoms with Crippen LogP contribution in [0.15, 0.2) is 54.7 Å². The molecule has 0 bridgehead atoms. The minimum atomic E-state index is -0.598. The molecule has 5 rings (SSSR count). The Kier molecular flexibility index (Phi) is 4.24. The number of hydrogen-bond acceptors (Lipinski definition) is 5. The highest BCUT2D eigenvalue weighted by atomic mass is 32.1. The van der Waals surface area contributed by atoms with Crippen molar-refractivity contribution in [3.63, 3.8) is 0 Å². The normalized spacial score (nSPS) is 18.7. The van der Waals surface area contributed by atoms with Crippen LogP contribution in [-0.4, -0.2) is 33.0 Å². The van der Waals surface area contributed by atoms with E-state index in [1.165, 1.54) is 11.5 Å². The number of imide groups is 1. The first-order valence-electron chi connectivity index (χ1n) is 9.40. The van der Waals surface area contributed by atoms with Gasteiger partial charge in [0.1, 0.15) is 6.04 Å². The third-order valence-corrected chi connectivity index (χ3v) is 6.29. The van der Waals surface area contributed by atoms with Crippen LogP contribution in [0.25, 0.3) is 21.6 Å². The number of nitrogens with one attached hydrogen (secondary N) is 1. The van der Waals surface area contributed by atoms with Crippen molar-refractivity contribution in [3.05, 3.63) is 65.9 Å². The van der Waals surface area contributed by atoms with E-state index in [1.54, 1.807) is 4.90 Å². The van der Waals surface area contributed by atoms with Crippen molar-refractivity contribution in [3.8, 4) is 21.6 Å². The standard InChI is InChI=1S/C22H17N3O3S/c26-19-9-8-18(21(27)24-19)25-12-15-10-14(6-7-16(15)22(25)28)20-17(11-23-29-20)13-4-2-1-3-5-13/h1-7,10-11,18H,8-9,12H2,(H,24,26,27). The molecule has 1 atom stereocenters. The summed E-state index contributed by atoms with van der Waals surface area (Å²) in [5, 5.41) is 2.33. The van der Waals surface area contributed by atoms with Crippen LogP contribution < -0.4 is 5.32 Å². The van der Waals surface area contributed by atoms with Gasteiger partial charge in [0, 0.05) is 30.3 Å². The zero-order chi connectivity index (χ0) is 20.0. The molecule has 2 aliphatic rings. The van der Waals surface area contributed by atoms with Crippen LogP contribution in [0.5, 0.6) is 0 Å². The van der Waals surface area contributed by atoms with Gasteiger partial charge in [-0.15, -0.1) is 0 Å². The van der Waals surface area contributed by atoms with Crippen molar-refractivity contribution >= 4 is 29.3 Å². The van der Waals surface area contributed by atoms with E-state index in [9.17, 15) is 14.4 Å². The molecule has 3 amide bonds. The molecule has 0 aliphatic carbocycles. The summed E-state index contributed by atoms with van der Waals surface area (Å²) in [6, 6.07) is 15.2. The van der Waals surface area contributed by atoms with Gasteiger partial charge in [-0.3, -0.25) is 19.7 Å². The fraction of sp³-hybridized carbons (Fsp3) is 0.182. The molecule has 1 unspecified atom stereocenters. The number of carbonyl (C=O) groups excluding carboxylic acids is 3. The summed E-state index contributed by atoms with van der Waals surface area (Å²) >= 11 is 1.42. The molecule has 0 radical (unpaired) electrons. The maximum atomic E-state index is 12.9. The van der Waals surface area contributed by atoms with E-state index in [-0.39, 0.29) is 18.2 Å². The predicted octanol–water partition coefficient (Wildman–Crippen LogP) is 3.24. The van der Waals surface area contributed by atoms with Crippen molar-refractivity contribution in [1.29, 1.82) is 0 Å². The molecule has 2 aliphatic heterocycles. The highest BCUT2D eigenvalue weighted by Gasteiger charge is 2.39. The van der Waals surface area contributed by atoms with Crippen LogP contribution in [-0.2, 0) is 16.1 Å². The first-order valence-corrected chi connectivity index (χ1v) is 10.2. The predicted molar refractivity (Wildman–Crippen MR) is 109 cm³/mol. The zero-order valence-corrected chi connectivity index (χ0v) is 16.2. The van der Waals surface area contributed by atoms with E-state index >= 15 is 0 Å². The monoisotopic (exact) mass is 403 g/mol. The smallest absolute Gasteiger partial charge is 0.255 e. The number of hydrogen-bond donors (Lipinski definition) is 1. The molecule has 3 aromatic rings. The number of rotatable bonds is 3. The molecule has 144 valence electrons. The van der Waals surface area contributed by atoms with E-state index in [0.29, 0.717) is 18.5 Å². The van der Waals surface area contributed by atoms with Gasteiger partial charge in [0.05, 0.1) is 4.88 Å². The van der Waals surface area contributed by atoms with Gasteiger partial charge in [0.25, 0.3) is 5.91 Å². The van der Waals surface area contributed by atoms with Crippen LogP contribution in [0.2, 0.25) is 0 Å². The van der Waals surface area contributed by atoms with Gasteiger partial charge in [-0.25, -0.2) is 0 Å². The number of aromatic nitrogens is 1. The third-order valence-electron chi connectivity index (χ3n) is 5.44. The second kappa shape index (κ2) is 6.93. The van der Waals surface area contributed by atoms with Crippen molar-refractivity contribution < 1.29 is 14.4 Å². The number of nitrogens with zero attached hydrogens (tertiary/aromatic N) is 2. The van der Waals surface area contributed by atoms with Gasteiger partial charge in [-0.05, 0) is 46.8 Å².